The van der Waals surface area contributed by atoms with Gasteiger partial charge < -0.3 is 0 Å². The predicted molar refractivity (Wildman–Crippen MR) is 59.1 cm³/mol. The molecule has 0 saturated carbocycles. The lowest BCUT2D eigenvalue weighted by atomic mass is 9.96. The van der Waals surface area contributed by atoms with E-state index in [4.69, 9.17) is 0 Å². The van der Waals surface area contributed by atoms with Crippen molar-refractivity contribution in [3.63, 3.8) is 0 Å². The molecule has 3 nitrogen and oxygen atoms in total. The van der Waals surface area contributed by atoms with Gasteiger partial charge in [0.1, 0.15) is 0 Å². The molecule has 92 valence electrons. The first kappa shape index (κ1) is 11.1. The van der Waals surface area contributed by atoms with Gasteiger partial charge in [-0.2, -0.15) is 13.2 Å². The van der Waals surface area contributed by atoms with E-state index >= 15 is 0 Å². The van der Waals surface area contributed by atoms with Crippen LogP contribution < -0.4 is 0 Å². The molecule has 6 heteroatoms. The summed E-state index contributed by atoms with van der Waals surface area (Å²) in [6.45, 7) is 1.81. The van der Waals surface area contributed by atoms with Crippen molar-refractivity contribution in [3.05, 3.63) is 41.6 Å². The number of aromatic nitrogens is 1. The molecule has 0 aliphatic carbocycles. The highest BCUT2D eigenvalue weighted by molar-refractivity contribution is 5.86. The molecule has 0 amide bonds. The van der Waals surface area contributed by atoms with E-state index in [1.54, 1.807) is 31.3 Å². The van der Waals surface area contributed by atoms with E-state index in [1.807, 2.05) is 0 Å². The maximum Gasteiger partial charge on any atom is 0.442 e. The quantitative estimate of drug-likeness (QED) is 0.761. The minimum Gasteiger partial charge on any atom is -0.256 e. The molecule has 2 heterocycles. The highest BCUT2D eigenvalue weighted by Gasteiger charge is 2.65. The monoisotopic (exact) mass is 251 g/mol. The fourth-order valence-corrected chi connectivity index (χ4v) is 2.04. The van der Waals surface area contributed by atoms with Crippen LogP contribution in [-0.4, -0.2) is 11.2 Å². The number of halogens is 3. The van der Waals surface area contributed by atoms with Crippen LogP contribution in [0.25, 0.3) is 10.9 Å². The zero-order chi connectivity index (χ0) is 13.0. The molecule has 0 unspecified atom stereocenters. The van der Waals surface area contributed by atoms with Crippen LogP contribution in [0.4, 0.5) is 13.2 Å². The summed E-state index contributed by atoms with van der Waals surface area (Å²) < 4.78 is 39.0. The van der Waals surface area contributed by atoms with Crippen molar-refractivity contribution >= 4 is 10.9 Å². The Bertz CT molecular complexity index is 655. The number of rotatable bonds is 1. The average Bonchev–Trinajstić information content (AvgIpc) is 3.10. The lowest BCUT2D eigenvalue weighted by Crippen LogP contribution is -2.30. The van der Waals surface area contributed by atoms with Gasteiger partial charge >= 0.3 is 11.8 Å². The molecule has 0 N–H and O–H groups in total. The highest BCUT2D eigenvalue weighted by Crippen LogP contribution is 2.53. The average molecular weight is 251 g/mol. The summed E-state index contributed by atoms with van der Waals surface area (Å²) in [5.41, 5.74) is -0.964. The number of fused-ring (bicyclic) bond motifs is 1. The summed E-state index contributed by atoms with van der Waals surface area (Å²) >= 11 is 0. The van der Waals surface area contributed by atoms with Crippen molar-refractivity contribution < 1.29 is 13.2 Å². The van der Waals surface area contributed by atoms with Crippen LogP contribution in [0.5, 0.6) is 0 Å². The maximum atomic E-state index is 13.0. The van der Waals surface area contributed by atoms with Gasteiger partial charge in [0.25, 0.3) is 0 Å². The molecule has 1 aliphatic rings. The lowest BCUT2D eigenvalue weighted by Gasteiger charge is -2.17. The van der Waals surface area contributed by atoms with E-state index in [9.17, 15) is 13.2 Å². The number of nitrogens with zero attached hydrogens (tertiary/aromatic N) is 3. The SMILES string of the molecule is Cc1ccc(C2(C(F)(F)F)N=N2)c2cccnc12. The van der Waals surface area contributed by atoms with Crippen LogP contribution in [0.3, 0.4) is 0 Å². The number of hydrogen-bond donors (Lipinski definition) is 0. The standard InChI is InChI=1S/C12H8F3N3/c1-7-4-5-9(8-3-2-6-16-10(7)8)11(17-18-11)12(13,14)15/h2-6H,1H3. The van der Waals surface area contributed by atoms with Crippen molar-refractivity contribution in [2.24, 2.45) is 10.2 Å². The van der Waals surface area contributed by atoms with Crippen LogP contribution >= 0.6 is 0 Å². The molecule has 18 heavy (non-hydrogen) atoms. The zero-order valence-electron chi connectivity index (χ0n) is 9.36. The Morgan fingerprint density at radius 2 is 1.83 bits per heavy atom. The molecule has 0 fully saturated rings. The van der Waals surface area contributed by atoms with E-state index in [2.05, 4.69) is 15.2 Å². The Morgan fingerprint density at radius 1 is 1.11 bits per heavy atom. The number of hydrogen-bond acceptors (Lipinski definition) is 3. The highest BCUT2D eigenvalue weighted by atomic mass is 19.4. The number of alkyl halides is 3. The van der Waals surface area contributed by atoms with Crippen molar-refractivity contribution in [1.29, 1.82) is 0 Å². The summed E-state index contributed by atoms with van der Waals surface area (Å²) in [6, 6.07) is 6.26. The fourth-order valence-electron chi connectivity index (χ4n) is 2.04. The number of aryl methyl sites for hydroxylation is 1. The van der Waals surface area contributed by atoms with Crippen molar-refractivity contribution in [1.82, 2.24) is 4.98 Å². The summed E-state index contributed by atoms with van der Waals surface area (Å²) in [7, 11) is 0. The Morgan fingerprint density at radius 3 is 2.44 bits per heavy atom. The van der Waals surface area contributed by atoms with Gasteiger partial charge in [-0.15, -0.1) is 10.2 Å². The van der Waals surface area contributed by atoms with E-state index in [0.717, 1.165) is 5.56 Å². The van der Waals surface area contributed by atoms with Crippen LogP contribution in [0.1, 0.15) is 11.1 Å². The maximum absolute atomic E-state index is 13.0. The topological polar surface area (TPSA) is 37.6 Å². The molecule has 2 aromatic rings. The van der Waals surface area contributed by atoms with E-state index < -0.39 is 11.8 Å². The second-order valence-electron chi connectivity index (χ2n) is 4.20. The largest absolute Gasteiger partial charge is 0.442 e. The minimum atomic E-state index is -4.51. The Hall–Kier alpha value is -1.98. The first-order chi connectivity index (χ1) is 8.46. The van der Waals surface area contributed by atoms with Gasteiger partial charge in [0.15, 0.2) is 0 Å². The van der Waals surface area contributed by atoms with Gasteiger partial charge in [-0.25, -0.2) is 0 Å². The van der Waals surface area contributed by atoms with Crippen molar-refractivity contribution in [3.8, 4) is 0 Å². The normalized spacial score (nSPS) is 17.1. The van der Waals surface area contributed by atoms with Gasteiger partial charge in [0.2, 0.25) is 0 Å². The van der Waals surface area contributed by atoms with Crippen LogP contribution in [0, 0.1) is 6.92 Å². The molecule has 1 aromatic carbocycles. The van der Waals surface area contributed by atoms with Gasteiger partial charge in [-0.1, -0.05) is 18.2 Å². The fraction of sp³-hybridized carbons (Fsp3) is 0.250. The molecule has 0 saturated heterocycles. The van der Waals surface area contributed by atoms with Crippen molar-refractivity contribution in [2.75, 3.05) is 0 Å². The first-order valence-corrected chi connectivity index (χ1v) is 5.31. The molecule has 3 rings (SSSR count). The van der Waals surface area contributed by atoms with Crippen LogP contribution in [0.2, 0.25) is 0 Å². The van der Waals surface area contributed by atoms with Crippen LogP contribution in [0.15, 0.2) is 40.7 Å². The molecule has 0 spiro atoms. The van der Waals surface area contributed by atoms with E-state index in [0.29, 0.717) is 10.9 Å². The predicted octanol–water partition coefficient (Wildman–Crippen LogP) is 3.72. The molecule has 0 bridgehead atoms. The first-order valence-electron chi connectivity index (χ1n) is 5.31. The van der Waals surface area contributed by atoms with Gasteiger partial charge in [0, 0.05) is 17.1 Å². The van der Waals surface area contributed by atoms with Gasteiger partial charge in [0.05, 0.1) is 5.52 Å². The lowest BCUT2D eigenvalue weighted by molar-refractivity contribution is -0.165. The third kappa shape index (κ3) is 1.35. The second kappa shape index (κ2) is 3.28. The summed E-state index contributed by atoms with van der Waals surface area (Å²) in [6.07, 6.45) is -2.95. The number of pyridine rings is 1. The smallest absolute Gasteiger partial charge is 0.256 e. The third-order valence-corrected chi connectivity index (χ3v) is 3.04. The van der Waals surface area contributed by atoms with E-state index in [-0.39, 0.29) is 5.56 Å². The van der Waals surface area contributed by atoms with Crippen molar-refractivity contribution in [2.45, 2.75) is 18.8 Å². The minimum absolute atomic E-state index is 0.0451. The third-order valence-electron chi connectivity index (χ3n) is 3.04. The summed E-state index contributed by atoms with van der Waals surface area (Å²) in [4.78, 5) is 4.11. The molecular formula is C12H8F3N3. The Balaban J connectivity index is 2.29. The Labute approximate surface area is 100 Å². The molecule has 1 aliphatic heterocycles. The zero-order valence-corrected chi connectivity index (χ0v) is 9.36. The van der Waals surface area contributed by atoms with E-state index in [1.165, 1.54) is 6.07 Å². The van der Waals surface area contributed by atoms with Gasteiger partial charge in [-0.3, -0.25) is 4.98 Å². The number of benzene rings is 1. The summed E-state index contributed by atoms with van der Waals surface area (Å²) in [5, 5.41) is 6.90. The molecule has 0 radical (unpaired) electrons. The molecule has 1 aromatic heterocycles. The molecule has 0 atom stereocenters. The second-order valence-corrected chi connectivity index (χ2v) is 4.20. The molecular weight excluding hydrogens is 243 g/mol. The Kier molecular flexibility index (Phi) is 2.03. The van der Waals surface area contributed by atoms with Crippen LogP contribution in [-0.2, 0) is 5.66 Å². The summed E-state index contributed by atoms with van der Waals surface area (Å²) in [5.74, 6) is 0. The van der Waals surface area contributed by atoms with Gasteiger partial charge in [-0.05, 0) is 18.6 Å².